The predicted molar refractivity (Wildman–Crippen MR) is 94.2 cm³/mol. The van der Waals surface area contributed by atoms with Gasteiger partial charge in [-0.25, -0.2) is 0 Å². The number of amides is 2. The van der Waals surface area contributed by atoms with E-state index in [2.05, 4.69) is 5.32 Å². The van der Waals surface area contributed by atoms with Crippen molar-refractivity contribution in [3.8, 4) is 0 Å². The molecule has 2 amide bonds. The van der Waals surface area contributed by atoms with E-state index < -0.39 is 11.9 Å². The molecule has 2 aliphatic rings. The highest BCUT2D eigenvalue weighted by Crippen LogP contribution is 2.37. The van der Waals surface area contributed by atoms with Crippen LogP contribution in [0.25, 0.3) is 0 Å². The predicted octanol–water partition coefficient (Wildman–Crippen LogP) is 2.31. The lowest BCUT2D eigenvalue weighted by Crippen LogP contribution is -2.47. The van der Waals surface area contributed by atoms with Gasteiger partial charge in [-0.2, -0.15) is 0 Å². The minimum atomic E-state index is -0.623. The minimum absolute atomic E-state index is 0.0805. The van der Waals surface area contributed by atoms with Crippen molar-refractivity contribution in [3.05, 3.63) is 33.8 Å². The molecule has 1 aliphatic heterocycles. The van der Waals surface area contributed by atoms with Gasteiger partial charge >= 0.3 is 0 Å². The summed E-state index contributed by atoms with van der Waals surface area (Å²) in [7, 11) is 0. The molecule has 0 spiro atoms. The quantitative estimate of drug-likeness (QED) is 0.858. The number of nitrogens with one attached hydrogen (secondary N) is 1. The van der Waals surface area contributed by atoms with Crippen molar-refractivity contribution in [3.63, 3.8) is 0 Å². The molecule has 0 aromatic heterocycles. The molecule has 1 saturated heterocycles. The second kappa shape index (κ2) is 6.90. The molecule has 3 rings (SSSR count). The van der Waals surface area contributed by atoms with E-state index in [9.17, 15) is 9.59 Å². The van der Waals surface area contributed by atoms with E-state index in [1.54, 1.807) is 25.1 Å². The highest BCUT2D eigenvalue weighted by Gasteiger charge is 2.43. The molecule has 5 nitrogen and oxygen atoms in total. The highest BCUT2D eigenvalue weighted by molar-refractivity contribution is 6.43. The normalized spacial score (nSPS) is 27.0. The molecule has 3 N–H and O–H groups in total. The second-order valence-electron chi connectivity index (χ2n) is 6.70. The number of hydrogen-bond acceptors (Lipinski definition) is 3. The van der Waals surface area contributed by atoms with Crippen LogP contribution in [0.1, 0.15) is 30.1 Å². The molecule has 1 aromatic carbocycles. The van der Waals surface area contributed by atoms with Gasteiger partial charge in [-0.05, 0) is 43.7 Å². The summed E-state index contributed by atoms with van der Waals surface area (Å²) < 4.78 is 0. The summed E-state index contributed by atoms with van der Waals surface area (Å²) in [5, 5.41) is 3.22. The fourth-order valence-corrected chi connectivity index (χ4v) is 4.16. The zero-order valence-corrected chi connectivity index (χ0v) is 15.0. The smallest absolute Gasteiger partial charge is 0.253 e. The molecular weight excluding hydrogens is 349 g/mol. The number of carbonyl (C=O) groups is 2. The van der Waals surface area contributed by atoms with E-state index >= 15 is 0 Å². The summed E-state index contributed by atoms with van der Waals surface area (Å²) in [5.74, 6) is 0.399. The topological polar surface area (TPSA) is 75.4 Å². The first-order valence-electron chi connectivity index (χ1n) is 8.17. The Labute approximate surface area is 151 Å². The van der Waals surface area contributed by atoms with Gasteiger partial charge in [0.15, 0.2) is 0 Å². The maximum absolute atomic E-state index is 12.6. The number of benzene rings is 1. The third kappa shape index (κ3) is 3.25. The molecule has 0 bridgehead atoms. The average Bonchev–Trinajstić information content (AvgIpc) is 3.11. The number of rotatable bonds is 3. The Bertz CT molecular complexity index is 667. The monoisotopic (exact) mass is 369 g/mol. The van der Waals surface area contributed by atoms with Crippen LogP contribution in [0.3, 0.4) is 0 Å². The number of likely N-dealkylation sites (tertiary alicyclic amines) is 1. The van der Waals surface area contributed by atoms with E-state index in [-0.39, 0.29) is 22.5 Å². The van der Waals surface area contributed by atoms with Gasteiger partial charge in [0, 0.05) is 19.1 Å². The van der Waals surface area contributed by atoms with Crippen molar-refractivity contribution in [2.45, 2.75) is 31.8 Å². The van der Waals surface area contributed by atoms with E-state index in [0.29, 0.717) is 23.4 Å². The van der Waals surface area contributed by atoms with Crippen LogP contribution in [-0.4, -0.2) is 41.9 Å². The standard InChI is InChI=1S/C17H21Cl2N3O2/c1-9(21-16(23)11-3-2-4-13(18)15(11)19)17(24)22-7-10-5-6-14(20)12(10)8-22/h2-4,9-10,12,14H,5-8,20H2,1H3,(H,21,23). The van der Waals surface area contributed by atoms with Gasteiger partial charge in [0.1, 0.15) is 6.04 Å². The number of carbonyl (C=O) groups excluding carboxylic acids is 2. The van der Waals surface area contributed by atoms with Gasteiger partial charge in [-0.3, -0.25) is 9.59 Å². The maximum Gasteiger partial charge on any atom is 0.253 e. The first-order chi connectivity index (χ1) is 11.4. The Balaban J connectivity index is 1.62. The summed E-state index contributed by atoms with van der Waals surface area (Å²) in [6.07, 6.45) is 2.12. The van der Waals surface area contributed by atoms with Crippen LogP contribution in [0.5, 0.6) is 0 Å². The molecule has 2 fully saturated rings. The molecule has 1 aromatic rings. The first-order valence-corrected chi connectivity index (χ1v) is 8.93. The van der Waals surface area contributed by atoms with E-state index in [1.807, 2.05) is 4.90 Å². The summed E-state index contributed by atoms with van der Waals surface area (Å²) in [5.41, 5.74) is 6.38. The van der Waals surface area contributed by atoms with E-state index in [0.717, 1.165) is 19.4 Å². The lowest BCUT2D eigenvalue weighted by molar-refractivity contribution is -0.132. The number of halogens is 2. The fourth-order valence-electron chi connectivity index (χ4n) is 3.78. The Morgan fingerprint density at radius 1 is 1.29 bits per heavy atom. The zero-order valence-electron chi connectivity index (χ0n) is 13.5. The molecule has 1 aliphatic carbocycles. The van der Waals surface area contributed by atoms with Gasteiger partial charge in [0.2, 0.25) is 5.91 Å². The molecular formula is C17H21Cl2N3O2. The largest absolute Gasteiger partial charge is 0.340 e. The van der Waals surface area contributed by atoms with Crippen LogP contribution in [0.4, 0.5) is 0 Å². The highest BCUT2D eigenvalue weighted by atomic mass is 35.5. The molecule has 4 atom stereocenters. The van der Waals surface area contributed by atoms with E-state index in [4.69, 9.17) is 28.9 Å². The van der Waals surface area contributed by atoms with Crippen molar-refractivity contribution in [1.82, 2.24) is 10.2 Å². The average molecular weight is 370 g/mol. The molecule has 4 unspecified atom stereocenters. The number of nitrogens with two attached hydrogens (primary N) is 1. The second-order valence-corrected chi connectivity index (χ2v) is 7.49. The number of fused-ring (bicyclic) bond motifs is 1. The first kappa shape index (κ1) is 17.5. The Morgan fingerprint density at radius 2 is 2.04 bits per heavy atom. The summed E-state index contributed by atoms with van der Waals surface area (Å²) in [4.78, 5) is 26.8. The van der Waals surface area contributed by atoms with Crippen molar-refractivity contribution >= 4 is 35.0 Å². The third-order valence-corrected chi connectivity index (χ3v) is 5.96. The lowest BCUT2D eigenvalue weighted by atomic mass is 9.98. The van der Waals surface area contributed by atoms with Gasteiger partial charge in [0.25, 0.3) is 5.91 Å². The van der Waals surface area contributed by atoms with Crippen molar-refractivity contribution in [2.24, 2.45) is 17.6 Å². The zero-order chi connectivity index (χ0) is 17.4. The fraction of sp³-hybridized carbons (Fsp3) is 0.529. The number of hydrogen-bond donors (Lipinski definition) is 2. The van der Waals surface area contributed by atoms with Crippen LogP contribution >= 0.6 is 23.2 Å². The Hall–Kier alpha value is -1.30. The van der Waals surface area contributed by atoms with Crippen LogP contribution in [0, 0.1) is 11.8 Å². The van der Waals surface area contributed by atoms with E-state index in [1.165, 1.54) is 0 Å². The van der Waals surface area contributed by atoms with Crippen LogP contribution < -0.4 is 11.1 Å². The van der Waals surface area contributed by atoms with Crippen LogP contribution in [-0.2, 0) is 4.79 Å². The third-order valence-electron chi connectivity index (χ3n) is 5.14. The Morgan fingerprint density at radius 3 is 2.75 bits per heavy atom. The lowest BCUT2D eigenvalue weighted by Gasteiger charge is -2.23. The molecule has 1 saturated carbocycles. The van der Waals surface area contributed by atoms with Crippen molar-refractivity contribution < 1.29 is 9.59 Å². The Kier molecular flexibility index (Phi) is 5.04. The van der Waals surface area contributed by atoms with Gasteiger partial charge < -0.3 is 16.0 Å². The van der Waals surface area contributed by atoms with Crippen LogP contribution in [0.15, 0.2) is 18.2 Å². The molecule has 7 heteroatoms. The molecule has 0 radical (unpaired) electrons. The SMILES string of the molecule is CC(NC(=O)c1cccc(Cl)c1Cl)C(=O)N1CC2CCC(N)C2C1. The summed E-state index contributed by atoms with van der Waals surface area (Å²) >= 11 is 12.0. The van der Waals surface area contributed by atoms with Gasteiger partial charge in [0.05, 0.1) is 15.6 Å². The molecule has 24 heavy (non-hydrogen) atoms. The maximum atomic E-state index is 12.6. The van der Waals surface area contributed by atoms with Crippen molar-refractivity contribution in [2.75, 3.05) is 13.1 Å². The van der Waals surface area contributed by atoms with Crippen LogP contribution in [0.2, 0.25) is 10.0 Å². The summed E-state index contributed by atoms with van der Waals surface area (Å²) in [6, 6.07) is 4.41. The van der Waals surface area contributed by atoms with Gasteiger partial charge in [-0.1, -0.05) is 29.3 Å². The minimum Gasteiger partial charge on any atom is -0.340 e. The molecule has 130 valence electrons. The van der Waals surface area contributed by atoms with Crippen molar-refractivity contribution in [1.29, 1.82) is 0 Å². The molecule has 1 heterocycles. The number of nitrogens with zero attached hydrogens (tertiary/aromatic N) is 1. The van der Waals surface area contributed by atoms with Gasteiger partial charge in [-0.15, -0.1) is 0 Å². The summed E-state index contributed by atoms with van der Waals surface area (Å²) in [6.45, 7) is 3.10.